The van der Waals surface area contributed by atoms with Gasteiger partial charge in [0.05, 0.1) is 57.5 Å². The number of rotatable bonds is 13. The molecule has 0 spiro atoms. The van der Waals surface area contributed by atoms with Gasteiger partial charge in [0.1, 0.15) is 85.5 Å². The number of allylic oxidation sites excluding steroid dienone is 1. The molecule has 5 aliphatic carbocycles. The van der Waals surface area contributed by atoms with Crippen molar-refractivity contribution in [2.75, 3.05) is 40.1 Å². The summed E-state index contributed by atoms with van der Waals surface area (Å²) in [4.78, 5) is 0. The topological polar surface area (TPSA) is 366 Å². The molecule has 23 nitrogen and oxygen atoms in total. The van der Waals surface area contributed by atoms with E-state index in [1.54, 1.807) is 7.11 Å². The van der Waals surface area contributed by atoms with Crippen LogP contribution in [-0.2, 0) is 42.6 Å². The smallest absolute Gasteiger partial charge is 0.187 e. The molecule has 4 saturated carbocycles. The van der Waals surface area contributed by atoms with Gasteiger partial charge in [-0.15, -0.1) is 0 Å². The fraction of sp³-hybridized carbons (Fsp3) is 0.963. The number of hydrogen-bond donors (Lipinski definition) is 14. The first-order valence-corrected chi connectivity index (χ1v) is 27.8. The van der Waals surface area contributed by atoms with Crippen LogP contribution in [-0.4, -0.2) is 247 Å². The van der Waals surface area contributed by atoms with Crippen molar-refractivity contribution in [3.8, 4) is 0 Å². The maximum Gasteiger partial charge on any atom is 0.187 e. The molecule has 14 N–H and O–H groups in total. The second-order valence-corrected chi connectivity index (χ2v) is 26.2. The number of methoxy groups -OCH3 is 1. The number of aliphatic hydroxyl groups is 14. The van der Waals surface area contributed by atoms with Crippen molar-refractivity contribution in [2.45, 2.75) is 235 Å². The lowest BCUT2D eigenvalue weighted by molar-refractivity contribution is -0.394. The highest BCUT2D eigenvalue weighted by Crippen LogP contribution is 2.76. The zero-order chi connectivity index (χ0) is 56.3. The minimum absolute atomic E-state index is 0.0169. The highest BCUT2D eigenvalue weighted by atomic mass is 16.8. The van der Waals surface area contributed by atoms with Crippen molar-refractivity contribution >= 4 is 0 Å². The molecule has 30 unspecified atom stereocenters. The van der Waals surface area contributed by atoms with E-state index in [-0.39, 0.29) is 47.9 Å². The average molecular weight is 1110 g/mol. The minimum atomic E-state index is -2.03. The molecule has 444 valence electrons. The second-order valence-electron chi connectivity index (χ2n) is 26.2. The van der Waals surface area contributed by atoms with Crippen molar-refractivity contribution in [1.29, 1.82) is 0 Å². The largest absolute Gasteiger partial charge is 0.396 e. The third kappa shape index (κ3) is 9.74. The van der Waals surface area contributed by atoms with Gasteiger partial charge in [0.2, 0.25) is 0 Å². The molecule has 23 heteroatoms. The molecule has 8 fully saturated rings. The lowest BCUT2D eigenvalue weighted by atomic mass is 9.32. The molecule has 0 aromatic heterocycles. The van der Waals surface area contributed by atoms with Crippen LogP contribution < -0.4 is 0 Å². The van der Waals surface area contributed by atoms with Crippen molar-refractivity contribution in [3.63, 3.8) is 0 Å². The summed E-state index contributed by atoms with van der Waals surface area (Å²) in [6, 6.07) is 0. The number of fused-ring (bicyclic) bond motifs is 7. The Morgan fingerprint density at radius 1 is 0.584 bits per heavy atom. The first kappa shape index (κ1) is 60.4. The Balaban J connectivity index is 0.943. The highest BCUT2D eigenvalue weighted by molar-refractivity contribution is 5.37. The van der Waals surface area contributed by atoms with Gasteiger partial charge >= 0.3 is 0 Å². The Morgan fingerprint density at radius 2 is 1.21 bits per heavy atom. The summed E-state index contributed by atoms with van der Waals surface area (Å²) < 4.78 is 54.4. The maximum atomic E-state index is 12.3. The van der Waals surface area contributed by atoms with Gasteiger partial charge in [0.15, 0.2) is 25.2 Å². The highest BCUT2D eigenvalue weighted by Gasteiger charge is 2.72. The quantitative estimate of drug-likeness (QED) is 0.0680. The third-order valence-electron chi connectivity index (χ3n) is 21.5. The van der Waals surface area contributed by atoms with Crippen molar-refractivity contribution in [1.82, 2.24) is 0 Å². The van der Waals surface area contributed by atoms with E-state index >= 15 is 0 Å². The monoisotopic (exact) mass is 1110 g/mol. The first-order chi connectivity index (χ1) is 36.1. The predicted octanol–water partition coefficient (Wildman–Crippen LogP) is -2.33. The number of hydrogen-bond acceptors (Lipinski definition) is 23. The molecule has 30 atom stereocenters. The van der Waals surface area contributed by atoms with Crippen molar-refractivity contribution in [2.24, 2.45) is 50.2 Å². The molecule has 0 bridgehead atoms. The summed E-state index contributed by atoms with van der Waals surface area (Å²) in [5.74, 6) is -0.260. The summed E-state index contributed by atoms with van der Waals surface area (Å²) in [5, 5.41) is 155. The standard InChI is InChI=1S/C54H90O23/c1-23-33(61)36(64)43(77-47-40(68)42(35(63)28(18-55)72-47)76-46-39(67)37(65)41(29(19-56)73-46)75-45-38(66)34(62)26(59)20-70-45)48(71-23)74-32-10-11-50(4)30(51(32,5)21-57)9-12-52(6)44(50)27(69-8)15-24-25-16-49(2,3)13-14-54(25,22-58)31(60)17-53(24,52)7/h15,23,25-48,55-68H,9-14,16-22H2,1-8H3. The summed E-state index contributed by atoms with van der Waals surface area (Å²) in [6.45, 7) is 12.4. The van der Waals surface area contributed by atoms with Gasteiger partial charge in [0.25, 0.3) is 0 Å². The van der Waals surface area contributed by atoms with Crippen LogP contribution in [0.1, 0.15) is 99.8 Å². The van der Waals surface area contributed by atoms with Crippen molar-refractivity contribution in [3.05, 3.63) is 11.6 Å². The van der Waals surface area contributed by atoms with Gasteiger partial charge in [-0.3, -0.25) is 0 Å². The average Bonchev–Trinajstić information content (AvgIpc) is 3.41. The Labute approximate surface area is 449 Å². The Hall–Kier alpha value is -1.18. The molecule has 0 aromatic rings. The van der Waals surface area contributed by atoms with Gasteiger partial charge in [0, 0.05) is 23.9 Å². The van der Waals surface area contributed by atoms with Crippen LogP contribution in [0.3, 0.4) is 0 Å². The summed E-state index contributed by atoms with van der Waals surface area (Å²) in [7, 11) is 1.74. The van der Waals surface area contributed by atoms with Gasteiger partial charge in [-0.2, -0.15) is 0 Å². The van der Waals surface area contributed by atoms with E-state index in [2.05, 4.69) is 40.7 Å². The molecule has 77 heavy (non-hydrogen) atoms. The van der Waals surface area contributed by atoms with Gasteiger partial charge in [-0.1, -0.05) is 53.2 Å². The SMILES string of the molecule is COC1C=C2C3CC(C)(C)CCC3(CO)C(O)CC2(C)C2(C)CCC3C(C)(CO)C(OC4OC(C)C(O)C(O)C4OC4OC(CO)C(O)C(OC5OC(CO)C(OC6OCC(O)C(O)C6O)C(O)C5O)C4O)CCC3(C)C12. The number of aliphatic hydroxyl groups excluding tert-OH is 14. The maximum absolute atomic E-state index is 12.3. The second kappa shape index (κ2) is 22.1. The van der Waals surface area contributed by atoms with E-state index in [9.17, 15) is 71.5 Å². The van der Waals surface area contributed by atoms with Crippen LogP contribution in [0.15, 0.2) is 11.6 Å². The van der Waals surface area contributed by atoms with Gasteiger partial charge < -0.3 is 114 Å². The van der Waals surface area contributed by atoms with E-state index in [0.29, 0.717) is 25.7 Å². The fourth-order valence-corrected chi connectivity index (χ4v) is 16.7. The van der Waals surface area contributed by atoms with E-state index in [0.717, 1.165) is 25.7 Å². The lowest BCUT2D eigenvalue weighted by Gasteiger charge is -2.73. The molecule has 9 aliphatic rings. The molecule has 0 amide bonds. The summed E-state index contributed by atoms with van der Waals surface area (Å²) >= 11 is 0. The van der Waals surface area contributed by atoms with Crippen LogP contribution in [0.4, 0.5) is 0 Å². The van der Waals surface area contributed by atoms with Crippen LogP contribution in [0, 0.1) is 50.2 Å². The molecule has 9 rings (SSSR count). The zero-order valence-corrected chi connectivity index (χ0v) is 45.6. The molecule has 4 heterocycles. The molecule has 0 aromatic carbocycles. The molecular formula is C54H90O23. The molecular weight excluding hydrogens is 1020 g/mol. The van der Waals surface area contributed by atoms with Crippen LogP contribution in [0.5, 0.6) is 0 Å². The first-order valence-electron chi connectivity index (χ1n) is 27.8. The number of ether oxygens (including phenoxy) is 9. The predicted molar refractivity (Wildman–Crippen MR) is 264 cm³/mol. The molecule has 4 aliphatic heterocycles. The third-order valence-corrected chi connectivity index (χ3v) is 21.5. The van der Waals surface area contributed by atoms with Crippen molar-refractivity contribution < 1.29 is 114 Å². The van der Waals surface area contributed by atoms with Crippen LogP contribution >= 0.6 is 0 Å². The lowest BCUT2D eigenvalue weighted by Crippen LogP contribution is -2.70. The van der Waals surface area contributed by atoms with E-state index < -0.39 is 170 Å². The molecule has 0 radical (unpaired) electrons. The van der Waals surface area contributed by atoms with E-state index in [1.807, 2.05) is 6.92 Å². The Morgan fingerprint density at radius 3 is 1.86 bits per heavy atom. The minimum Gasteiger partial charge on any atom is -0.396 e. The van der Waals surface area contributed by atoms with Crippen LogP contribution in [0.25, 0.3) is 0 Å². The van der Waals surface area contributed by atoms with Crippen LogP contribution in [0.2, 0.25) is 0 Å². The Bertz CT molecular complexity index is 2070. The molecule has 4 saturated heterocycles. The fourth-order valence-electron chi connectivity index (χ4n) is 16.7. The summed E-state index contributed by atoms with van der Waals surface area (Å²) in [5.41, 5.74) is -1.55. The van der Waals surface area contributed by atoms with E-state index in [4.69, 9.17) is 42.6 Å². The zero-order valence-electron chi connectivity index (χ0n) is 45.6. The Kier molecular flexibility index (Phi) is 17.3. The van der Waals surface area contributed by atoms with Gasteiger partial charge in [-0.25, -0.2) is 0 Å². The van der Waals surface area contributed by atoms with Gasteiger partial charge in [-0.05, 0) is 91.8 Å². The van der Waals surface area contributed by atoms with E-state index in [1.165, 1.54) is 12.5 Å². The summed E-state index contributed by atoms with van der Waals surface area (Å²) in [6.07, 6.45) is -26.1. The normalized spacial score (nSPS) is 55.8.